The monoisotopic (exact) mass is 1030 g/mol. The number of nitrogens with zero attached hydrogens (tertiary/aromatic N) is 4. The van der Waals surface area contributed by atoms with Gasteiger partial charge in [-0.05, 0) is 24.3 Å². The molecule has 9 rings (SSSR count). The summed E-state index contributed by atoms with van der Waals surface area (Å²) in [6.45, 7) is 0. The van der Waals surface area contributed by atoms with Crippen LogP contribution in [-0.4, -0.2) is 19.9 Å². The normalized spacial score (nSPS) is 10.0. The zero-order valence-corrected chi connectivity index (χ0v) is 32.4. The Morgan fingerprint density at radius 1 is 0.353 bits per heavy atom. The van der Waals surface area contributed by atoms with Gasteiger partial charge in [0.25, 0.3) is 0 Å². The van der Waals surface area contributed by atoms with Crippen molar-refractivity contribution in [1.29, 1.82) is 0 Å². The van der Waals surface area contributed by atoms with Crippen LogP contribution in [0.25, 0.3) is 65.2 Å². The fourth-order valence-electron chi connectivity index (χ4n) is 5.15. The van der Waals surface area contributed by atoms with Crippen LogP contribution in [0.15, 0.2) is 170 Å². The smallest absolute Gasteiger partial charge is 0.295 e. The van der Waals surface area contributed by atoms with E-state index in [1.165, 1.54) is 20.2 Å². The molecule has 0 saturated carbocycles. The summed E-state index contributed by atoms with van der Waals surface area (Å²) in [5.41, 5.74) is 7.64. The van der Waals surface area contributed by atoms with Crippen LogP contribution in [-0.2, 0) is 42.1 Å². The van der Waals surface area contributed by atoms with Crippen molar-refractivity contribution in [1.82, 2.24) is 19.9 Å². The Bertz CT molecular complexity index is 2110. The number of rotatable bonds is 4. The molecule has 0 amide bonds. The van der Waals surface area contributed by atoms with Gasteiger partial charge in [-0.25, -0.2) is 10.8 Å². The van der Waals surface area contributed by atoms with Gasteiger partial charge in [0.15, 0.2) is 0 Å². The second kappa shape index (κ2) is 18.9. The Labute approximate surface area is 330 Å². The van der Waals surface area contributed by atoms with Crippen LogP contribution < -0.4 is 0 Å². The van der Waals surface area contributed by atoms with E-state index in [1.807, 2.05) is 133 Å². The van der Waals surface area contributed by atoms with Crippen LogP contribution in [0.2, 0.25) is 0 Å². The van der Waals surface area contributed by atoms with E-state index in [2.05, 4.69) is 56.3 Å². The topological polar surface area (TPSA) is 51.6 Å². The summed E-state index contributed by atoms with van der Waals surface area (Å²) in [6.07, 6.45) is 7.15. The molecule has 0 N–H and O–H groups in total. The summed E-state index contributed by atoms with van der Waals surface area (Å²) in [7, 11) is 0. The van der Waals surface area contributed by atoms with E-state index in [9.17, 15) is 0 Å². The van der Waals surface area contributed by atoms with Gasteiger partial charge in [-0.1, -0.05) is 70.8 Å². The molecule has 0 aliphatic heterocycles. The summed E-state index contributed by atoms with van der Waals surface area (Å²) in [5, 5.41) is 2.39. The number of benzene rings is 4. The molecule has 4 nitrogen and oxygen atoms in total. The Morgan fingerprint density at radius 3 is 0.980 bits per heavy atom. The molecular formula is C44H28N4Pt2S. The van der Waals surface area contributed by atoms with Crippen molar-refractivity contribution in [2.45, 2.75) is 0 Å². The molecule has 250 valence electrons. The average molecular weight is 1030 g/mol. The molecule has 4 aromatic carbocycles. The Kier molecular flexibility index (Phi) is 13.8. The minimum atomic E-state index is 0. The van der Waals surface area contributed by atoms with Gasteiger partial charge in [0.1, 0.15) is 0 Å². The first-order valence-electron chi connectivity index (χ1n) is 15.7. The second-order valence-electron chi connectivity index (χ2n) is 10.7. The number of aromatic nitrogens is 4. The number of hydrogen-bond donors (Lipinski definition) is 0. The van der Waals surface area contributed by atoms with E-state index < -0.39 is 0 Å². The van der Waals surface area contributed by atoms with E-state index >= 15 is 0 Å². The molecular weight excluding hydrogens is 1010 g/mol. The fourth-order valence-corrected chi connectivity index (χ4v) is 6.20. The van der Waals surface area contributed by atoms with Crippen molar-refractivity contribution in [3.8, 4) is 45.0 Å². The first-order chi connectivity index (χ1) is 24.3. The molecule has 0 atom stereocenters. The molecule has 7 heteroatoms. The summed E-state index contributed by atoms with van der Waals surface area (Å²) >= 11 is 1.80. The molecule has 51 heavy (non-hydrogen) atoms. The van der Waals surface area contributed by atoms with Crippen LogP contribution in [0.5, 0.6) is 0 Å². The molecule has 0 bridgehead atoms. The van der Waals surface area contributed by atoms with Crippen LogP contribution in [0.3, 0.4) is 0 Å². The zero-order valence-electron chi connectivity index (χ0n) is 27.0. The molecule has 0 saturated heterocycles. The summed E-state index contributed by atoms with van der Waals surface area (Å²) in [4.78, 5) is 17.3. The van der Waals surface area contributed by atoms with Gasteiger partial charge >= 0.3 is 42.1 Å². The van der Waals surface area contributed by atoms with E-state index in [-0.39, 0.29) is 42.1 Å². The van der Waals surface area contributed by atoms with Crippen LogP contribution >= 0.6 is 11.3 Å². The number of pyridine rings is 4. The van der Waals surface area contributed by atoms with Crippen LogP contribution in [0, 0.1) is 24.3 Å². The van der Waals surface area contributed by atoms with Gasteiger partial charge < -0.3 is 0 Å². The molecule has 0 fully saturated rings. The van der Waals surface area contributed by atoms with E-state index in [0.29, 0.717) is 0 Å². The maximum Gasteiger partial charge on any atom is 2.00 e. The third kappa shape index (κ3) is 9.66. The van der Waals surface area contributed by atoms with Crippen molar-refractivity contribution in [3.63, 3.8) is 0 Å². The first-order valence-corrected chi connectivity index (χ1v) is 16.5. The second-order valence-corrected chi connectivity index (χ2v) is 11.8. The van der Waals surface area contributed by atoms with Crippen molar-refractivity contribution in [2.75, 3.05) is 0 Å². The van der Waals surface area contributed by atoms with Crippen molar-refractivity contribution < 1.29 is 42.1 Å². The number of thiophene rings is 1. The molecule has 0 aliphatic rings. The SMILES string of the molecule is [Pt+2].[Pt+2].[c-]1c(-c2ccccn2)cccc1-c1ccccn1.[c-]1c(-c2ccccn2)cccc1-c1ccccn1.[c-]1cccc2sc3ccc[c-]c3c12. The summed E-state index contributed by atoms with van der Waals surface area (Å²) in [6, 6.07) is 60.9. The molecule has 0 spiro atoms. The van der Waals surface area contributed by atoms with Gasteiger partial charge in [0.05, 0.1) is 0 Å². The Balaban J connectivity index is 0.000000147. The molecule has 9 aromatic rings. The van der Waals surface area contributed by atoms with Crippen LogP contribution in [0.1, 0.15) is 0 Å². The van der Waals surface area contributed by atoms with E-state index in [4.69, 9.17) is 0 Å². The maximum atomic E-state index is 4.33. The Hall–Kier alpha value is -4.92. The van der Waals surface area contributed by atoms with E-state index in [0.717, 1.165) is 45.0 Å². The molecule has 5 heterocycles. The van der Waals surface area contributed by atoms with E-state index in [1.54, 1.807) is 36.1 Å². The standard InChI is InChI=1S/2C16H11N2.C12H6S.2Pt/c2*1-3-10-17-15(8-1)13-6-5-7-14(12-13)16-9-2-4-11-18-16;1-3-7-11-9(5-1)10-6-2-4-8-12(10)13-11;;/h2*1-11H;1-4,7-8H;;/q2*-1;-2;2*+2. The van der Waals surface area contributed by atoms with Crippen molar-refractivity contribution in [3.05, 3.63) is 195 Å². The van der Waals surface area contributed by atoms with Crippen molar-refractivity contribution in [2.24, 2.45) is 0 Å². The van der Waals surface area contributed by atoms with Gasteiger partial charge in [-0.2, -0.15) is 24.3 Å². The van der Waals surface area contributed by atoms with Crippen LogP contribution in [0.4, 0.5) is 0 Å². The first kappa shape index (κ1) is 37.3. The minimum Gasteiger partial charge on any atom is -0.295 e. The van der Waals surface area contributed by atoms with Gasteiger partial charge in [-0.3, -0.25) is 31.3 Å². The van der Waals surface area contributed by atoms with Gasteiger partial charge in [0.2, 0.25) is 0 Å². The largest absolute Gasteiger partial charge is 2.00 e. The summed E-state index contributed by atoms with van der Waals surface area (Å²) < 4.78 is 2.58. The van der Waals surface area contributed by atoms with Gasteiger partial charge in [-0.15, -0.1) is 82.2 Å². The Morgan fingerprint density at radius 2 is 0.686 bits per heavy atom. The molecule has 0 unspecified atom stereocenters. The number of fused-ring (bicyclic) bond motifs is 3. The maximum absolute atomic E-state index is 4.33. The fraction of sp³-hybridized carbons (Fsp3) is 0. The average Bonchev–Trinajstić information content (AvgIpc) is 3.59. The molecule has 0 radical (unpaired) electrons. The van der Waals surface area contributed by atoms with Gasteiger partial charge in [0, 0.05) is 47.6 Å². The molecule has 0 aliphatic carbocycles. The minimum absolute atomic E-state index is 0. The predicted molar refractivity (Wildman–Crippen MR) is 200 cm³/mol. The third-order valence-corrected chi connectivity index (χ3v) is 8.58. The summed E-state index contributed by atoms with van der Waals surface area (Å²) in [5.74, 6) is 0. The quantitative estimate of drug-likeness (QED) is 0.165. The predicted octanol–water partition coefficient (Wildman–Crippen LogP) is 10.9. The molecule has 5 aromatic heterocycles. The number of hydrogen-bond acceptors (Lipinski definition) is 5. The zero-order chi connectivity index (χ0) is 33.1. The van der Waals surface area contributed by atoms with Crippen molar-refractivity contribution >= 4 is 31.5 Å². The third-order valence-electron chi connectivity index (χ3n) is 7.46.